The minimum Gasteiger partial charge on any atom is -0.481 e. The maximum atomic E-state index is 12.8. The van der Waals surface area contributed by atoms with E-state index < -0.39 is 5.97 Å². The highest BCUT2D eigenvalue weighted by Gasteiger charge is 2.23. The van der Waals surface area contributed by atoms with Crippen LogP contribution in [0, 0.1) is 13.8 Å². The molecule has 0 aliphatic heterocycles. The van der Waals surface area contributed by atoms with Gasteiger partial charge < -0.3 is 10.0 Å². The van der Waals surface area contributed by atoms with Crippen molar-refractivity contribution >= 4 is 11.9 Å². The van der Waals surface area contributed by atoms with Crippen LogP contribution in [0.3, 0.4) is 0 Å². The second kappa shape index (κ2) is 8.59. The zero-order valence-electron chi connectivity index (χ0n) is 16.9. The molecule has 0 saturated heterocycles. The van der Waals surface area contributed by atoms with E-state index >= 15 is 0 Å². The molecular weight excluding hydrogens is 354 g/mol. The summed E-state index contributed by atoms with van der Waals surface area (Å²) in [7, 11) is 1.90. The van der Waals surface area contributed by atoms with Gasteiger partial charge in [0.1, 0.15) is 0 Å². The number of rotatable bonds is 6. The Kier molecular flexibility index (Phi) is 6.17. The third-order valence-corrected chi connectivity index (χ3v) is 5.83. The molecule has 1 N–H and O–H groups in total. The lowest BCUT2D eigenvalue weighted by Gasteiger charge is -2.31. The summed E-state index contributed by atoms with van der Waals surface area (Å²) in [6.45, 7) is 3.85. The highest BCUT2D eigenvalue weighted by atomic mass is 16.4. The minimum atomic E-state index is -0.809. The molecule has 3 rings (SSSR count). The molecule has 0 unspecified atom stereocenters. The lowest BCUT2D eigenvalue weighted by atomic mass is 9.94. The molecular formula is C22H29N3O3. The van der Waals surface area contributed by atoms with Gasteiger partial charge >= 0.3 is 5.97 Å². The van der Waals surface area contributed by atoms with Gasteiger partial charge in [-0.25, -0.2) is 4.68 Å². The molecule has 1 saturated carbocycles. The van der Waals surface area contributed by atoms with Crippen molar-refractivity contribution in [2.45, 2.75) is 64.8 Å². The fourth-order valence-electron chi connectivity index (χ4n) is 4.10. The normalized spacial score (nSPS) is 14.8. The van der Waals surface area contributed by atoms with Gasteiger partial charge in [-0.3, -0.25) is 9.59 Å². The highest BCUT2D eigenvalue weighted by molar-refractivity contribution is 5.94. The summed E-state index contributed by atoms with van der Waals surface area (Å²) in [6.07, 6.45) is 6.40. The third kappa shape index (κ3) is 4.26. The van der Waals surface area contributed by atoms with E-state index in [2.05, 4.69) is 5.10 Å². The molecule has 150 valence electrons. The van der Waals surface area contributed by atoms with Gasteiger partial charge in [0.2, 0.25) is 0 Å². The largest absolute Gasteiger partial charge is 0.481 e. The Morgan fingerprint density at radius 2 is 1.79 bits per heavy atom. The van der Waals surface area contributed by atoms with E-state index in [4.69, 9.17) is 5.11 Å². The number of benzene rings is 1. The summed E-state index contributed by atoms with van der Waals surface area (Å²) in [4.78, 5) is 25.6. The molecule has 0 spiro atoms. The van der Waals surface area contributed by atoms with E-state index in [1.54, 1.807) is 0 Å². The van der Waals surface area contributed by atoms with Crippen LogP contribution in [0.2, 0.25) is 0 Å². The topological polar surface area (TPSA) is 75.4 Å². The van der Waals surface area contributed by atoms with Crippen LogP contribution in [0.4, 0.5) is 0 Å². The Morgan fingerprint density at radius 3 is 2.39 bits per heavy atom. The first kappa shape index (κ1) is 20.1. The lowest BCUT2D eigenvalue weighted by Crippen LogP contribution is -2.38. The van der Waals surface area contributed by atoms with Crippen molar-refractivity contribution in [3.05, 3.63) is 46.8 Å². The highest BCUT2D eigenvalue weighted by Crippen LogP contribution is 2.24. The first-order chi connectivity index (χ1) is 13.4. The summed E-state index contributed by atoms with van der Waals surface area (Å²) in [5.41, 5.74) is 4.32. The Morgan fingerprint density at radius 1 is 1.14 bits per heavy atom. The minimum absolute atomic E-state index is 0.0639. The number of amides is 1. The molecule has 28 heavy (non-hydrogen) atoms. The van der Waals surface area contributed by atoms with Crippen molar-refractivity contribution in [1.82, 2.24) is 14.7 Å². The van der Waals surface area contributed by atoms with E-state index in [1.165, 1.54) is 19.3 Å². The fourth-order valence-corrected chi connectivity index (χ4v) is 4.10. The molecule has 6 nitrogen and oxygen atoms in total. The van der Waals surface area contributed by atoms with Crippen LogP contribution >= 0.6 is 0 Å². The average Bonchev–Trinajstić information content (AvgIpc) is 2.99. The Labute approximate surface area is 166 Å². The van der Waals surface area contributed by atoms with Gasteiger partial charge in [0.05, 0.1) is 11.4 Å². The number of hydrogen-bond acceptors (Lipinski definition) is 3. The van der Waals surface area contributed by atoms with Crippen molar-refractivity contribution in [2.24, 2.45) is 0 Å². The molecule has 1 amide bonds. The second-order valence-electron chi connectivity index (χ2n) is 7.71. The van der Waals surface area contributed by atoms with E-state index in [0.717, 1.165) is 35.5 Å². The molecule has 0 atom stereocenters. The molecule has 1 aromatic carbocycles. The number of nitrogens with zero attached hydrogens (tertiary/aromatic N) is 3. The van der Waals surface area contributed by atoms with Crippen molar-refractivity contribution < 1.29 is 14.7 Å². The summed E-state index contributed by atoms with van der Waals surface area (Å²) in [5.74, 6) is -0.745. The SMILES string of the molecule is Cc1nn(-c2ccc(C(=O)N(C)C3CCCCC3)cc2)c(C)c1CCC(=O)O. The number of carboxylic acid groups (broad SMARTS) is 1. The maximum Gasteiger partial charge on any atom is 0.303 e. The smallest absolute Gasteiger partial charge is 0.303 e. The number of aliphatic carboxylic acids is 1. The first-order valence-corrected chi connectivity index (χ1v) is 10.0. The number of hydrogen-bond donors (Lipinski definition) is 1. The molecule has 6 heteroatoms. The van der Waals surface area contributed by atoms with Crippen molar-refractivity contribution in [1.29, 1.82) is 0 Å². The van der Waals surface area contributed by atoms with Gasteiger partial charge in [0.15, 0.2) is 0 Å². The number of carbonyl (C=O) groups excluding carboxylic acids is 1. The summed E-state index contributed by atoms with van der Waals surface area (Å²) in [5, 5.41) is 13.5. The van der Waals surface area contributed by atoms with Gasteiger partial charge in [-0.15, -0.1) is 0 Å². The maximum absolute atomic E-state index is 12.8. The molecule has 0 bridgehead atoms. The zero-order valence-corrected chi connectivity index (χ0v) is 16.9. The molecule has 1 aromatic heterocycles. The summed E-state index contributed by atoms with van der Waals surface area (Å²) in [6, 6.07) is 7.85. The number of aromatic nitrogens is 2. The van der Waals surface area contributed by atoms with Gasteiger partial charge in [-0.2, -0.15) is 5.10 Å². The summed E-state index contributed by atoms with van der Waals surface area (Å²) >= 11 is 0. The number of carbonyl (C=O) groups is 2. The standard InChI is InChI=1S/C22H29N3O3/c1-15-20(13-14-21(26)27)16(2)25(23-15)19-11-9-17(10-12-19)22(28)24(3)18-7-5-4-6-8-18/h9-12,18H,4-8,13-14H2,1-3H3,(H,26,27). The number of carboxylic acids is 1. The van der Waals surface area contributed by atoms with E-state index in [9.17, 15) is 9.59 Å². The third-order valence-electron chi connectivity index (χ3n) is 5.83. The average molecular weight is 383 g/mol. The van der Waals surface area contributed by atoms with Crippen molar-refractivity contribution in [3.8, 4) is 5.69 Å². The quantitative estimate of drug-likeness (QED) is 0.821. The van der Waals surface area contributed by atoms with Crippen LogP contribution < -0.4 is 0 Å². The zero-order chi connectivity index (χ0) is 20.3. The monoisotopic (exact) mass is 383 g/mol. The van der Waals surface area contributed by atoms with E-state index in [-0.39, 0.29) is 12.3 Å². The lowest BCUT2D eigenvalue weighted by molar-refractivity contribution is -0.136. The predicted molar refractivity (Wildman–Crippen MR) is 108 cm³/mol. The second-order valence-corrected chi connectivity index (χ2v) is 7.71. The van der Waals surface area contributed by atoms with E-state index in [0.29, 0.717) is 18.0 Å². The van der Waals surface area contributed by atoms with E-state index in [1.807, 2.05) is 54.7 Å². The molecule has 0 radical (unpaired) electrons. The molecule has 2 aromatic rings. The molecule has 1 fully saturated rings. The Balaban J connectivity index is 1.76. The Bertz CT molecular complexity index is 849. The molecule has 1 aliphatic rings. The van der Waals surface area contributed by atoms with Crippen LogP contribution in [-0.2, 0) is 11.2 Å². The van der Waals surface area contributed by atoms with Gasteiger partial charge in [0, 0.05) is 30.8 Å². The van der Waals surface area contributed by atoms with Gasteiger partial charge in [0.25, 0.3) is 5.91 Å². The molecule has 1 heterocycles. The molecule has 1 aliphatic carbocycles. The Hall–Kier alpha value is -2.63. The fraction of sp³-hybridized carbons (Fsp3) is 0.500. The van der Waals surface area contributed by atoms with Crippen LogP contribution in [-0.4, -0.2) is 44.8 Å². The predicted octanol–water partition coefficient (Wildman–Crippen LogP) is 3.91. The van der Waals surface area contributed by atoms with Crippen LogP contribution in [0.15, 0.2) is 24.3 Å². The van der Waals surface area contributed by atoms with Crippen LogP contribution in [0.25, 0.3) is 5.69 Å². The van der Waals surface area contributed by atoms with Gasteiger partial charge in [-0.1, -0.05) is 19.3 Å². The van der Waals surface area contributed by atoms with Crippen LogP contribution in [0.1, 0.15) is 65.8 Å². The number of aryl methyl sites for hydroxylation is 1. The van der Waals surface area contributed by atoms with Crippen molar-refractivity contribution in [3.63, 3.8) is 0 Å². The summed E-state index contributed by atoms with van der Waals surface area (Å²) < 4.78 is 1.83. The first-order valence-electron chi connectivity index (χ1n) is 10.0. The van der Waals surface area contributed by atoms with Crippen LogP contribution in [0.5, 0.6) is 0 Å². The van der Waals surface area contributed by atoms with Gasteiger partial charge in [-0.05, 0) is 62.9 Å². The van der Waals surface area contributed by atoms with Crippen molar-refractivity contribution in [2.75, 3.05) is 7.05 Å².